The molecule has 3 rings (SSSR count). The van der Waals surface area contributed by atoms with E-state index in [9.17, 15) is 10.2 Å². The van der Waals surface area contributed by atoms with E-state index in [1.54, 1.807) is 12.5 Å². The highest BCUT2D eigenvalue weighted by Crippen LogP contribution is 2.56. The van der Waals surface area contributed by atoms with Crippen LogP contribution in [-0.2, 0) is 6.42 Å². The molecule has 1 heterocycles. The summed E-state index contributed by atoms with van der Waals surface area (Å²) in [6.07, 6.45) is 5.32. The van der Waals surface area contributed by atoms with Crippen LogP contribution in [0.5, 0.6) is 0 Å². The van der Waals surface area contributed by atoms with E-state index < -0.39 is 11.7 Å². The van der Waals surface area contributed by atoms with Crippen molar-refractivity contribution >= 4 is 0 Å². The van der Waals surface area contributed by atoms with Crippen molar-refractivity contribution < 1.29 is 14.6 Å². The van der Waals surface area contributed by atoms with Gasteiger partial charge in [-0.25, -0.2) is 0 Å². The number of hydrogen-bond donors (Lipinski definition) is 2. The van der Waals surface area contributed by atoms with Crippen molar-refractivity contribution in [3.8, 4) is 0 Å². The zero-order chi connectivity index (χ0) is 13.1. The van der Waals surface area contributed by atoms with Crippen molar-refractivity contribution in [3.63, 3.8) is 0 Å². The Balaban J connectivity index is 2.06. The molecule has 3 nitrogen and oxygen atoms in total. The van der Waals surface area contributed by atoms with Gasteiger partial charge in [-0.2, -0.15) is 0 Å². The third-order valence-corrected chi connectivity index (χ3v) is 4.93. The fourth-order valence-corrected chi connectivity index (χ4v) is 4.11. The van der Waals surface area contributed by atoms with E-state index in [1.807, 2.05) is 6.92 Å². The Labute approximate surface area is 108 Å². The minimum Gasteiger partial charge on any atom is -0.472 e. The first-order valence-electron chi connectivity index (χ1n) is 6.76. The minimum absolute atomic E-state index is 0.133. The molecule has 1 fully saturated rings. The zero-order valence-electron chi connectivity index (χ0n) is 11.3. The second-order valence-corrected chi connectivity index (χ2v) is 7.17. The number of rotatable bonds is 0. The van der Waals surface area contributed by atoms with Gasteiger partial charge in [-0.1, -0.05) is 13.8 Å². The largest absolute Gasteiger partial charge is 0.472 e. The summed E-state index contributed by atoms with van der Waals surface area (Å²) < 4.78 is 5.22. The SMILES string of the molecule is CC1(C)C[C@H]2[C@H](O)c3cocc3C[C@](C)(O)[C@H]2C1. The quantitative estimate of drug-likeness (QED) is 0.744. The van der Waals surface area contributed by atoms with Crippen LogP contribution < -0.4 is 0 Å². The lowest BCUT2D eigenvalue weighted by Gasteiger charge is -2.33. The van der Waals surface area contributed by atoms with E-state index in [2.05, 4.69) is 13.8 Å². The highest BCUT2D eigenvalue weighted by atomic mass is 16.3. The molecule has 2 aliphatic rings. The van der Waals surface area contributed by atoms with Gasteiger partial charge in [0.1, 0.15) is 0 Å². The van der Waals surface area contributed by atoms with Crippen molar-refractivity contribution in [3.05, 3.63) is 23.7 Å². The van der Waals surface area contributed by atoms with Crippen molar-refractivity contribution in [1.29, 1.82) is 0 Å². The molecule has 0 saturated heterocycles. The highest BCUT2D eigenvalue weighted by molar-refractivity contribution is 5.29. The third-order valence-electron chi connectivity index (χ3n) is 4.93. The molecule has 1 aromatic heterocycles. The van der Waals surface area contributed by atoms with Gasteiger partial charge in [-0.15, -0.1) is 0 Å². The number of aliphatic hydroxyl groups excluding tert-OH is 1. The van der Waals surface area contributed by atoms with Gasteiger partial charge in [0, 0.05) is 12.0 Å². The summed E-state index contributed by atoms with van der Waals surface area (Å²) in [5, 5.41) is 21.4. The Kier molecular flexibility index (Phi) is 2.46. The molecule has 1 aromatic rings. The van der Waals surface area contributed by atoms with Gasteiger partial charge in [-0.05, 0) is 42.6 Å². The van der Waals surface area contributed by atoms with Crippen LogP contribution >= 0.6 is 0 Å². The van der Waals surface area contributed by atoms with Gasteiger partial charge in [-0.3, -0.25) is 0 Å². The fraction of sp³-hybridized carbons (Fsp3) is 0.733. The predicted molar refractivity (Wildman–Crippen MR) is 68.0 cm³/mol. The van der Waals surface area contributed by atoms with Crippen molar-refractivity contribution in [2.24, 2.45) is 17.3 Å². The second-order valence-electron chi connectivity index (χ2n) is 7.17. The van der Waals surface area contributed by atoms with E-state index in [0.29, 0.717) is 6.42 Å². The normalized spacial score (nSPS) is 42.2. The summed E-state index contributed by atoms with van der Waals surface area (Å²) in [6, 6.07) is 0. The molecular formula is C15H22O3. The molecule has 0 aromatic carbocycles. The summed E-state index contributed by atoms with van der Waals surface area (Å²) in [6.45, 7) is 6.35. The Morgan fingerprint density at radius 1 is 1.22 bits per heavy atom. The number of hydrogen-bond acceptors (Lipinski definition) is 3. The lowest BCUT2D eigenvalue weighted by molar-refractivity contribution is -0.0392. The first-order chi connectivity index (χ1) is 8.30. The molecule has 100 valence electrons. The van der Waals surface area contributed by atoms with E-state index >= 15 is 0 Å². The molecule has 0 bridgehead atoms. The van der Waals surface area contributed by atoms with Crippen LogP contribution in [0.3, 0.4) is 0 Å². The smallest absolute Gasteiger partial charge is 0.0963 e. The maximum atomic E-state index is 10.8. The van der Waals surface area contributed by atoms with Crippen molar-refractivity contribution in [1.82, 2.24) is 0 Å². The summed E-state index contributed by atoms with van der Waals surface area (Å²) in [7, 11) is 0. The Morgan fingerprint density at radius 3 is 2.67 bits per heavy atom. The van der Waals surface area contributed by atoms with E-state index in [1.165, 1.54) is 0 Å². The Bertz CT molecular complexity index is 458. The van der Waals surface area contributed by atoms with Crippen LogP contribution in [-0.4, -0.2) is 15.8 Å². The molecule has 18 heavy (non-hydrogen) atoms. The Hall–Kier alpha value is -0.800. The maximum Gasteiger partial charge on any atom is 0.0963 e. The number of fused-ring (bicyclic) bond motifs is 2. The average molecular weight is 250 g/mol. The molecule has 0 spiro atoms. The van der Waals surface area contributed by atoms with Gasteiger partial charge in [0.2, 0.25) is 0 Å². The minimum atomic E-state index is -0.755. The molecule has 2 N–H and O–H groups in total. The molecular weight excluding hydrogens is 228 g/mol. The van der Waals surface area contributed by atoms with Crippen LogP contribution in [0.4, 0.5) is 0 Å². The number of aliphatic hydroxyl groups is 2. The first-order valence-corrected chi connectivity index (χ1v) is 6.76. The molecule has 1 saturated carbocycles. The monoisotopic (exact) mass is 250 g/mol. The Morgan fingerprint density at radius 2 is 1.94 bits per heavy atom. The van der Waals surface area contributed by atoms with E-state index in [0.717, 1.165) is 24.0 Å². The average Bonchev–Trinajstić information content (AvgIpc) is 2.79. The maximum absolute atomic E-state index is 10.8. The standard InChI is InChI=1S/C15H22O3/c1-14(2)5-10-12(6-14)15(3,17)4-9-7-18-8-11(9)13(10)16/h7-8,10,12-13,16-17H,4-6H2,1-3H3/t10-,12+,13+,15+/m1/s1. The number of furan rings is 1. The fourth-order valence-electron chi connectivity index (χ4n) is 4.11. The summed E-state index contributed by atoms with van der Waals surface area (Å²) >= 11 is 0. The van der Waals surface area contributed by atoms with Crippen molar-refractivity contribution in [2.45, 2.75) is 51.7 Å². The molecule has 0 aliphatic heterocycles. The third kappa shape index (κ3) is 1.72. The van der Waals surface area contributed by atoms with E-state index in [-0.39, 0.29) is 17.3 Å². The summed E-state index contributed by atoms with van der Waals surface area (Å²) in [4.78, 5) is 0. The molecule has 4 atom stereocenters. The van der Waals surface area contributed by atoms with Crippen LogP contribution in [0.15, 0.2) is 16.9 Å². The molecule has 3 heteroatoms. The lowest BCUT2D eigenvalue weighted by atomic mass is 9.78. The second kappa shape index (κ2) is 3.61. The van der Waals surface area contributed by atoms with Gasteiger partial charge in [0.25, 0.3) is 0 Å². The highest BCUT2D eigenvalue weighted by Gasteiger charge is 2.52. The molecule has 0 unspecified atom stereocenters. The van der Waals surface area contributed by atoms with Gasteiger partial charge >= 0.3 is 0 Å². The topological polar surface area (TPSA) is 53.6 Å². The van der Waals surface area contributed by atoms with Crippen LogP contribution in [0, 0.1) is 17.3 Å². The zero-order valence-corrected chi connectivity index (χ0v) is 11.3. The van der Waals surface area contributed by atoms with Crippen LogP contribution in [0.2, 0.25) is 0 Å². The van der Waals surface area contributed by atoms with Crippen LogP contribution in [0.1, 0.15) is 50.8 Å². The first kappa shape index (κ1) is 12.2. The summed E-state index contributed by atoms with van der Waals surface area (Å²) in [5.41, 5.74) is 1.27. The molecule has 2 aliphatic carbocycles. The van der Waals surface area contributed by atoms with Crippen LogP contribution in [0.25, 0.3) is 0 Å². The predicted octanol–water partition coefficient (Wildman–Crippen LogP) is 2.67. The van der Waals surface area contributed by atoms with Crippen molar-refractivity contribution in [2.75, 3.05) is 0 Å². The molecule has 0 radical (unpaired) electrons. The summed E-state index contributed by atoms with van der Waals surface area (Å²) in [5.74, 6) is 0.295. The van der Waals surface area contributed by atoms with Gasteiger partial charge < -0.3 is 14.6 Å². The van der Waals surface area contributed by atoms with E-state index in [4.69, 9.17) is 4.42 Å². The van der Waals surface area contributed by atoms with Gasteiger partial charge in [0.05, 0.1) is 24.2 Å². The molecule has 0 amide bonds. The van der Waals surface area contributed by atoms with Gasteiger partial charge in [0.15, 0.2) is 0 Å². The lowest BCUT2D eigenvalue weighted by Crippen LogP contribution is -2.38.